The molecule has 0 saturated heterocycles. The summed E-state index contributed by atoms with van der Waals surface area (Å²) in [7, 11) is 1.70. The van der Waals surface area contributed by atoms with E-state index in [1.165, 1.54) is 24.8 Å². The van der Waals surface area contributed by atoms with Crippen LogP contribution < -0.4 is 11.1 Å². The number of imidazole rings is 1. The van der Waals surface area contributed by atoms with Crippen LogP contribution in [0.25, 0.3) is 16.7 Å². The maximum Gasteiger partial charge on any atom is 0.168 e. The first-order chi connectivity index (χ1) is 14.1. The molecule has 0 aliphatic rings. The minimum atomic E-state index is -0.149. The van der Waals surface area contributed by atoms with Crippen LogP contribution in [0.5, 0.6) is 0 Å². The number of nitrogens with one attached hydrogen (secondary N) is 3. The number of aromatic nitrogens is 2. The molecule has 1 heterocycles. The molecule has 3 rings (SSSR count). The van der Waals surface area contributed by atoms with Crippen molar-refractivity contribution in [3.63, 3.8) is 0 Å². The maximum absolute atomic E-state index is 10.8. The third-order valence-corrected chi connectivity index (χ3v) is 5.05. The molecule has 0 amide bonds. The van der Waals surface area contributed by atoms with Gasteiger partial charge in [0, 0.05) is 19.2 Å². The fourth-order valence-electron chi connectivity index (χ4n) is 3.33. The summed E-state index contributed by atoms with van der Waals surface area (Å²) in [5.41, 5.74) is 10.7. The topological polar surface area (TPSA) is 111 Å². The highest BCUT2D eigenvalue weighted by molar-refractivity contribution is 6.12. The molecule has 0 unspecified atom stereocenters. The largest absolute Gasteiger partial charge is 0.504 e. The van der Waals surface area contributed by atoms with E-state index in [2.05, 4.69) is 22.2 Å². The standard InChI is InChI=1S/C23H29N5O/c1-3-4-5-6-15-7-10-17(11-8-15)20(25)22(29)21(26-2)23-27-18-12-9-16(14-24)13-19(18)28-23/h7-13,25-26,29H,3-6,14,24H2,1-2H3,(H,27,28)/b22-21+,25-20?. The molecule has 0 spiro atoms. The molecule has 6 nitrogen and oxygen atoms in total. The van der Waals surface area contributed by atoms with Crippen LogP contribution in [0.4, 0.5) is 0 Å². The summed E-state index contributed by atoms with van der Waals surface area (Å²) in [5.74, 6) is 0.333. The normalized spacial score (nSPS) is 12.1. The Morgan fingerprint density at radius 2 is 1.86 bits per heavy atom. The predicted octanol–water partition coefficient (Wildman–Crippen LogP) is 4.27. The highest BCUT2D eigenvalue weighted by Gasteiger charge is 2.17. The van der Waals surface area contributed by atoms with Gasteiger partial charge in [0.25, 0.3) is 0 Å². The fraction of sp³-hybridized carbons (Fsp3) is 0.304. The van der Waals surface area contributed by atoms with Crippen molar-refractivity contribution < 1.29 is 5.11 Å². The molecule has 152 valence electrons. The Hall–Kier alpha value is -3.12. The number of unbranched alkanes of at least 4 members (excludes halogenated alkanes) is 2. The average Bonchev–Trinajstić information content (AvgIpc) is 3.17. The summed E-state index contributed by atoms with van der Waals surface area (Å²) in [6.45, 7) is 2.64. The SMILES string of the molecule is CCCCCc1ccc(C(=N)/C(O)=C(\NC)c2nc3ccc(CN)cc3[nH]2)cc1. The van der Waals surface area contributed by atoms with Crippen LogP contribution in [0.3, 0.4) is 0 Å². The second kappa shape index (κ2) is 9.39. The smallest absolute Gasteiger partial charge is 0.168 e. The van der Waals surface area contributed by atoms with E-state index in [4.69, 9.17) is 11.1 Å². The van der Waals surface area contributed by atoms with Gasteiger partial charge in [0.15, 0.2) is 11.6 Å². The van der Waals surface area contributed by atoms with E-state index in [0.717, 1.165) is 23.0 Å². The average molecular weight is 392 g/mol. The van der Waals surface area contributed by atoms with Gasteiger partial charge in [-0.1, -0.05) is 50.1 Å². The van der Waals surface area contributed by atoms with Gasteiger partial charge in [0.1, 0.15) is 11.4 Å². The van der Waals surface area contributed by atoms with Crippen molar-refractivity contribution in [2.75, 3.05) is 7.05 Å². The van der Waals surface area contributed by atoms with Crippen molar-refractivity contribution in [2.24, 2.45) is 5.73 Å². The van der Waals surface area contributed by atoms with Crippen LogP contribution in [0.1, 0.15) is 48.7 Å². The molecule has 3 aromatic rings. The minimum Gasteiger partial charge on any atom is -0.504 e. The maximum atomic E-state index is 10.8. The third kappa shape index (κ3) is 4.66. The number of nitrogens with two attached hydrogens (primary N) is 1. The van der Waals surface area contributed by atoms with Crippen LogP contribution in [0, 0.1) is 5.41 Å². The number of fused-ring (bicyclic) bond motifs is 1. The summed E-state index contributed by atoms with van der Waals surface area (Å²) in [6.07, 6.45) is 4.62. The summed E-state index contributed by atoms with van der Waals surface area (Å²) in [6, 6.07) is 13.6. The van der Waals surface area contributed by atoms with Gasteiger partial charge in [-0.05, 0) is 36.1 Å². The number of aliphatic hydroxyl groups is 1. The Kier molecular flexibility index (Phi) is 6.67. The molecule has 6 N–H and O–H groups in total. The fourth-order valence-corrected chi connectivity index (χ4v) is 3.33. The molecule has 0 fully saturated rings. The third-order valence-electron chi connectivity index (χ3n) is 5.05. The van der Waals surface area contributed by atoms with Gasteiger partial charge in [-0.3, -0.25) is 5.41 Å². The molecule has 6 heteroatoms. The lowest BCUT2D eigenvalue weighted by molar-refractivity contribution is 0.442. The summed E-state index contributed by atoms with van der Waals surface area (Å²) in [5, 5.41) is 22.2. The molecular formula is C23H29N5O. The van der Waals surface area contributed by atoms with Crippen LogP contribution in [-0.4, -0.2) is 27.8 Å². The van der Waals surface area contributed by atoms with E-state index in [0.29, 0.717) is 23.6 Å². The molecule has 2 aromatic carbocycles. The van der Waals surface area contributed by atoms with Gasteiger partial charge >= 0.3 is 0 Å². The van der Waals surface area contributed by atoms with E-state index < -0.39 is 0 Å². The van der Waals surface area contributed by atoms with Crippen LogP contribution in [0.15, 0.2) is 48.2 Å². The zero-order valence-corrected chi connectivity index (χ0v) is 17.0. The van der Waals surface area contributed by atoms with Gasteiger partial charge in [0.05, 0.1) is 11.0 Å². The Morgan fingerprint density at radius 1 is 1.14 bits per heavy atom. The van der Waals surface area contributed by atoms with E-state index in [1.54, 1.807) is 7.05 Å². The molecule has 0 radical (unpaired) electrons. The number of nitrogens with zero attached hydrogens (tertiary/aromatic N) is 1. The van der Waals surface area contributed by atoms with Crippen molar-refractivity contribution in [1.29, 1.82) is 5.41 Å². The highest BCUT2D eigenvalue weighted by Crippen LogP contribution is 2.21. The quantitative estimate of drug-likeness (QED) is 0.213. The first-order valence-corrected chi connectivity index (χ1v) is 10.1. The van der Waals surface area contributed by atoms with Gasteiger partial charge in [-0.2, -0.15) is 0 Å². The van der Waals surface area contributed by atoms with E-state index in [1.807, 2.05) is 42.5 Å². The Morgan fingerprint density at radius 3 is 2.52 bits per heavy atom. The van der Waals surface area contributed by atoms with E-state index in [-0.39, 0.29) is 11.5 Å². The lowest BCUT2D eigenvalue weighted by Crippen LogP contribution is -2.15. The number of aromatic amines is 1. The van der Waals surface area contributed by atoms with Crippen LogP contribution >= 0.6 is 0 Å². The van der Waals surface area contributed by atoms with Gasteiger partial charge in [0.2, 0.25) is 0 Å². The van der Waals surface area contributed by atoms with Crippen LogP contribution in [0.2, 0.25) is 0 Å². The lowest BCUT2D eigenvalue weighted by atomic mass is 10.0. The van der Waals surface area contributed by atoms with Crippen LogP contribution in [-0.2, 0) is 13.0 Å². The lowest BCUT2D eigenvalue weighted by Gasteiger charge is -2.10. The van der Waals surface area contributed by atoms with E-state index >= 15 is 0 Å². The zero-order chi connectivity index (χ0) is 20.8. The number of aliphatic hydroxyl groups excluding tert-OH is 1. The molecule has 0 atom stereocenters. The second-order valence-electron chi connectivity index (χ2n) is 7.14. The Bertz CT molecular complexity index is 1020. The highest BCUT2D eigenvalue weighted by atomic mass is 16.3. The second-order valence-corrected chi connectivity index (χ2v) is 7.14. The first kappa shape index (κ1) is 20.6. The number of rotatable bonds is 9. The number of hydrogen-bond acceptors (Lipinski definition) is 5. The number of H-pyrrole nitrogens is 1. The number of hydrogen-bond donors (Lipinski definition) is 5. The predicted molar refractivity (Wildman–Crippen MR) is 119 cm³/mol. The number of allylic oxidation sites excluding steroid dienone is 1. The van der Waals surface area contributed by atoms with Crippen molar-refractivity contribution >= 4 is 22.4 Å². The van der Waals surface area contributed by atoms with Gasteiger partial charge in [-0.15, -0.1) is 0 Å². The number of aryl methyl sites for hydroxylation is 1. The molecule has 0 saturated carbocycles. The minimum absolute atomic E-state index is 0.0533. The van der Waals surface area contributed by atoms with Gasteiger partial charge in [-0.25, -0.2) is 4.98 Å². The van der Waals surface area contributed by atoms with Crippen molar-refractivity contribution in [1.82, 2.24) is 15.3 Å². The molecule has 1 aromatic heterocycles. The summed E-state index contributed by atoms with van der Waals surface area (Å²) in [4.78, 5) is 7.74. The molecule has 29 heavy (non-hydrogen) atoms. The first-order valence-electron chi connectivity index (χ1n) is 10.1. The molecule has 0 bridgehead atoms. The van der Waals surface area contributed by atoms with Crippen molar-refractivity contribution in [3.05, 3.63) is 70.7 Å². The monoisotopic (exact) mass is 391 g/mol. The number of benzene rings is 2. The molecule has 0 aliphatic heterocycles. The zero-order valence-electron chi connectivity index (χ0n) is 17.0. The van der Waals surface area contributed by atoms with Crippen molar-refractivity contribution in [3.8, 4) is 0 Å². The van der Waals surface area contributed by atoms with E-state index in [9.17, 15) is 5.11 Å². The van der Waals surface area contributed by atoms with Gasteiger partial charge < -0.3 is 21.1 Å². The summed E-state index contributed by atoms with van der Waals surface area (Å²) < 4.78 is 0. The van der Waals surface area contributed by atoms with Crippen molar-refractivity contribution in [2.45, 2.75) is 39.2 Å². The summed E-state index contributed by atoms with van der Waals surface area (Å²) >= 11 is 0. The molecular weight excluding hydrogens is 362 g/mol. The Labute approximate surface area is 171 Å². The Balaban J connectivity index is 1.86. The molecule has 0 aliphatic carbocycles.